The van der Waals surface area contributed by atoms with Crippen LogP contribution in [0.3, 0.4) is 0 Å². The first-order chi connectivity index (χ1) is 8.72. The van der Waals surface area contributed by atoms with E-state index < -0.39 is 0 Å². The van der Waals surface area contributed by atoms with Gasteiger partial charge in [-0.3, -0.25) is 4.79 Å². The largest absolute Gasteiger partial charge is 0.396 e. The van der Waals surface area contributed by atoms with E-state index in [-0.39, 0.29) is 18.4 Å². The van der Waals surface area contributed by atoms with Crippen LogP contribution in [0.5, 0.6) is 0 Å². The number of likely N-dealkylation sites (tertiary alicyclic amines) is 2. The molecule has 0 aliphatic carbocycles. The zero-order valence-corrected chi connectivity index (χ0v) is 11.5. The van der Waals surface area contributed by atoms with Crippen LogP contribution in [0.15, 0.2) is 0 Å². The third-order valence-corrected chi connectivity index (χ3v) is 4.51. The number of amides is 1. The van der Waals surface area contributed by atoms with Gasteiger partial charge in [-0.15, -0.1) is 0 Å². The van der Waals surface area contributed by atoms with E-state index in [2.05, 4.69) is 11.8 Å². The second kappa shape index (κ2) is 6.53. The van der Waals surface area contributed by atoms with E-state index in [9.17, 15) is 4.79 Å². The van der Waals surface area contributed by atoms with Crippen molar-refractivity contribution in [2.24, 2.45) is 11.8 Å². The van der Waals surface area contributed by atoms with Gasteiger partial charge in [-0.1, -0.05) is 6.92 Å². The van der Waals surface area contributed by atoms with E-state index in [4.69, 9.17) is 5.11 Å². The molecule has 0 spiro atoms. The molecule has 104 valence electrons. The molecule has 18 heavy (non-hydrogen) atoms. The van der Waals surface area contributed by atoms with Crippen molar-refractivity contribution in [3.8, 4) is 0 Å². The molecule has 0 aromatic carbocycles. The Morgan fingerprint density at radius 1 is 1.28 bits per heavy atom. The standard InChI is InChI=1S/C14H26N2O2/c1-2-15-6-3-12(4-7-15)5-8-16-10-13(11-17)9-14(16)18/h12-13,17H,2-11H2,1H3. The SMILES string of the molecule is CCN1CCC(CCN2CC(CO)CC2=O)CC1. The minimum Gasteiger partial charge on any atom is -0.396 e. The normalized spacial score (nSPS) is 27.1. The van der Waals surface area contributed by atoms with Gasteiger partial charge in [0.25, 0.3) is 0 Å². The predicted octanol–water partition coefficient (Wildman–Crippen LogP) is 0.949. The lowest BCUT2D eigenvalue weighted by atomic mass is 9.93. The maximum absolute atomic E-state index is 11.7. The molecule has 2 rings (SSSR count). The number of hydrogen-bond donors (Lipinski definition) is 1. The van der Waals surface area contributed by atoms with Gasteiger partial charge in [-0.25, -0.2) is 0 Å². The van der Waals surface area contributed by atoms with E-state index in [1.165, 1.54) is 25.9 Å². The van der Waals surface area contributed by atoms with Crippen molar-refractivity contribution in [2.45, 2.75) is 32.6 Å². The van der Waals surface area contributed by atoms with Gasteiger partial charge in [0.1, 0.15) is 0 Å². The average Bonchev–Trinajstić information content (AvgIpc) is 2.77. The summed E-state index contributed by atoms with van der Waals surface area (Å²) in [5.74, 6) is 1.20. The molecule has 1 atom stereocenters. The van der Waals surface area contributed by atoms with Crippen LogP contribution in [0.2, 0.25) is 0 Å². The van der Waals surface area contributed by atoms with Crippen molar-refractivity contribution in [3.63, 3.8) is 0 Å². The summed E-state index contributed by atoms with van der Waals surface area (Å²) < 4.78 is 0. The van der Waals surface area contributed by atoms with Crippen molar-refractivity contribution in [2.75, 3.05) is 39.3 Å². The van der Waals surface area contributed by atoms with Crippen LogP contribution in [-0.2, 0) is 4.79 Å². The molecular formula is C14H26N2O2. The molecule has 4 nitrogen and oxygen atoms in total. The molecule has 2 aliphatic rings. The molecule has 1 amide bonds. The Balaban J connectivity index is 1.68. The predicted molar refractivity (Wildman–Crippen MR) is 71.2 cm³/mol. The van der Waals surface area contributed by atoms with Gasteiger partial charge >= 0.3 is 0 Å². The van der Waals surface area contributed by atoms with Crippen LogP contribution in [-0.4, -0.2) is 60.1 Å². The fourth-order valence-corrected chi connectivity index (χ4v) is 3.12. The second-order valence-electron chi connectivity index (χ2n) is 5.76. The summed E-state index contributed by atoms with van der Waals surface area (Å²) in [4.78, 5) is 16.2. The molecule has 0 bridgehead atoms. The quantitative estimate of drug-likeness (QED) is 0.794. The van der Waals surface area contributed by atoms with Gasteiger partial charge in [0.2, 0.25) is 5.91 Å². The lowest BCUT2D eigenvalue weighted by molar-refractivity contribution is -0.127. The second-order valence-corrected chi connectivity index (χ2v) is 5.76. The molecule has 0 saturated carbocycles. The fourth-order valence-electron chi connectivity index (χ4n) is 3.12. The minimum absolute atomic E-state index is 0.150. The van der Waals surface area contributed by atoms with Crippen LogP contribution >= 0.6 is 0 Å². The summed E-state index contributed by atoms with van der Waals surface area (Å²) in [7, 11) is 0. The Bertz CT molecular complexity index is 275. The van der Waals surface area contributed by atoms with E-state index in [0.29, 0.717) is 6.42 Å². The fraction of sp³-hybridized carbons (Fsp3) is 0.929. The molecule has 1 unspecified atom stereocenters. The highest BCUT2D eigenvalue weighted by atomic mass is 16.3. The molecule has 2 heterocycles. The van der Waals surface area contributed by atoms with E-state index >= 15 is 0 Å². The number of piperidine rings is 1. The highest BCUT2D eigenvalue weighted by Gasteiger charge is 2.29. The number of hydrogen-bond acceptors (Lipinski definition) is 3. The zero-order chi connectivity index (χ0) is 13.0. The van der Waals surface area contributed by atoms with E-state index in [0.717, 1.165) is 32.0 Å². The molecule has 2 saturated heterocycles. The zero-order valence-electron chi connectivity index (χ0n) is 11.5. The summed E-state index contributed by atoms with van der Waals surface area (Å²) in [6.07, 6.45) is 4.24. The Hall–Kier alpha value is -0.610. The number of aliphatic hydroxyl groups is 1. The lowest BCUT2D eigenvalue weighted by Crippen LogP contribution is -2.35. The van der Waals surface area contributed by atoms with Gasteiger partial charge in [-0.2, -0.15) is 0 Å². The van der Waals surface area contributed by atoms with Gasteiger partial charge in [0.15, 0.2) is 0 Å². The average molecular weight is 254 g/mol. The van der Waals surface area contributed by atoms with Crippen LogP contribution in [0, 0.1) is 11.8 Å². The lowest BCUT2D eigenvalue weighted by Gasteiger charge is -2.31. The molecule has 2 aliphatic heterocycles. The summed E-state index contributed by atoms with van der Waals surface area (Å²) in [6, 6.07) is 0. The van der Waals surface area contributed by atoms with Crippen molar-refractivity contribution >= 4 is 5.91 Å². The summed E-state index contributed by atoms with van der Waals surface area (Å²) in [5.41, 5.74) is 0. The third-order valence-electron chi connectivity index (χ3n) is 4.51. The first-order valence-electron chi connectivity index (χ1n) is 7.34. The number of carbonyl (C=O) groups is 1. The maximum Gasteiger partial charge on any atom is 0.223 e. The van der Waals surface area contributed by atoms with Crippen molar-refractivity contribution in [1.29, 1.82) is 0 Å². The van der Waals surface area contributed by atoms with Crippen molar-refractivity contribution in [3.05, 3.63) is 0 Å². The topological polar surface area (TPSA) is 43.8 Å². The van der Waals surface area contributed by atoms with Gasteiger partial charge in [0.05, 0.1) is 0 Å². The first-order valence-corrected chi connectivity index (χ1v) is 7.34. The molecule has 0 aromatic heterocycles. The molecule has 0 aromatic rings. The molecular weight excluding hydrogens is 228 g/mol. The summed E-state index contributed by atoms with van der Waals surface area (Å²) in [6.45, 7) is 7.63. The first kappa shape index (κ1) is 13.8. The minimum atomic E-state index is 0.150. The monoisotopic (exact) mass is 254 g/mol. The number of nitrogens with zero attached hydrogens (tertiary/aromatic N) is 2. The van der Waals surface area contributed by atoms with Gasteiger partial charge < -0.3 is 14.9 Å². The van der Waals surface area contributed by atoms with Gasteiger partial charge in [0, 0.05) is 32.0 Å². The number of rotatable bonds is 5. The van der Waals surface area contributed by atoms with E-state index in [1.54, 1.807) is 0 Å². The van der Waals surface area contributed by atoms with Crippen molar-refractivity contribution < 1.29 is 9.90 Å². The van der Waals surface area contributed by atoms with Crippen LogP contribution < -0.4 is 0 Å². The van der Waals surface area contributed by atoms with Crippen molar-refractivity contribution in [1.82, 2.24) is 9.80 Å². The molecule has 1 N–H and O–H groups in total. The highest BCUT2D eigenvalue weighted by molar-refractivity contribution is 5.78. The summed E-state index contributed by atoms with van der Waals surface area (Å²) in [5, 5.41) is 9.09. The summed E-state index contributed by atoms with van der Waals surface area (Å²) >= 11 is 0. The smallest absolute Gasteiger partial charge is 0.223 e. The van der Waals surface area contributed by atoms with Crippen LogP contribution in [0.4, 0.5) is 0 Å². The molecule has 0 radical (unpaired) electrons. The Labute approximate surface area is 110 Å². The number of aliphatic hydroxyl groups excluding tert-OH is 1. The molecule has 4 heteroatoms. The van der Waals surface area contributed by atoms with Crippen LogP contribution in [0.25, 0.3) is 0 Å². The Kier molecular flexibility index (Phi) is 5.01. The Morgan fingerprint density at radius 2 is 2.00 bits per heavy atom. The third kappa shape index (κ3) is 3.45. The maximum atomic E-state index is 11.7. The highest BCUT2D eigenvalue weighted by Crippen LogP contribution is 2.23. The van der Waals surface area contributed by atoms with Crippen LogP contribution in [0.1, 0.15) is 32.6 Å². The Morgan fingerprint density at radius 3 is 2.56 bits per heavy atom. The van der Waals surface area contributed by atoms with E-state index in [1.807, 2.05) is 4.90 Å². The molecule has 2 fully saturated rings. The van der Waals surface area contributed by atoms with Gasteiger partial charge in [-0.05, 0) is 44.8 Å². The number of carbonyl (C=O) groups excluding carboxylic acids is 1.